The summed E-state index contributed by atoms with van der Waals surface area (Å²) < 4.78 is 32.6. The van der Waals surface area contributed by atoms with E-state index in [-0.39, 0.29) is 17.5 Å². The minimum absolute atomic E-state index is 0.112. The van der Waals surface area contributed by atoms with Crippen LogP contribution in [-0.4, -0.2) is 38.5 Å². The molecule has 4 rings (SSSR count). The fourth-order valence-corrected chi connectivity index (χ4v) is 3.00. The molecule has 0 aromatic carbocycles. The maximum atomic E-state index is 12.9. The zero-order valence-electron chi connectivity index (χ0n) is 15.5. The molecule has 10 heteroatoms. The summed E-state index contributed by atoms with van der Waals surface area (Å²) in [6.45, 7) is 2.78. The van der Waals surface area contributed by atoms with Gasteiger partial charge in [-0.25, -0.2) is 23.5 Å². The predicted octanol–water partition coefficient (Wildman–Crippen LogP) is 3.44. The van der Waals surface area contributed by atoms with Crippen LogP contribution in [-0.2, 0) is 11.3 Å². The largest absolute Gasteiger partial charge is 0.442 e. The van der Waals surface area contributed by atoms with Gasteiger partial charge in [0.25, 0.3) is 6.43 Å². The summed E-state index contributed by atoms with van der Waals surface area (Å²) in [4.78, 5) is 19.7. The molecule has 1 saturated heterocycles. The zero-order valence-corrected chi connectivity index (χ0v) is 15.5. The second-order valence-corrected chi connectivity index (χ2v) is 6.67. The van der Waals surface area contributed by atoms with Crippen molar-refractivity contribution < 1.29 is 18.3 Å². The van der Waals surface area contributed by atoms with E-state index in [9.17, 15) is 13.6 Å². The number of rotatable bonds is 6. The van der Waals surface area contributed by atoms with Crippen molar-refractivity contribution >= 4 is 17.7 Å². The van der Waals surface area contributed by atoms with Crippen molar-refractivity contribution in [3.8, 4) is 11.3 Å². The molecule has 1 aliphatic rings. The normalized spacial score (nSPS) is 16.0. The van der Waals surface area contributed by atoms with E-state index in [0.717, 1.165) is 11.1 Å². The summed E-state index contributed by atoms with van der Waals surface area (Å²) in [7, 11) is 0. The lowest BCUT2D eigenvalue weighted by molar-refractivity contribution is 0.129. The van der Waals surface area contributed by atoms with Crippen LogP contribution in [0.2, 0.25) is 0 Å². The fourth-order valence-electron chi connectivity index (χ4n) is 3.00. The van der Waals surface area contributed by atoms with Crippen molar-refractivity contribution in [3.05, 3.63) is 54.0 Å². The number of alkyl halides is 2. The Morgan fingerprint density at radius 3 is 2.97 bits per heavy atom. The number of alkyl carbamates (subject to hydrolysis) is 1. The van der Waals surface area contributed by atoms with Gasteiger partial charge in [-0.2, -0.15) is 5.10 Å². The molecule has 1 unspecified atom stereocenters. The van der Waals surface area contributed by atoms with E-state index >= 15 is 0 Å². The number of nitrogens with zero attached hydrogens (tertiary/aromatic N) is 4. The minimum Gasteiger partial charge on any atom is -0.442 e. The summed E-state index contributed by atoms with van der Waals surface area (Å²) in [5.41, 5.74) is 2.27. The van der Waals surface area contributed by atoms with Gasteiger partial charge in [-0.3, -0.25) is 4.68 Å². The van der Waals surface area contributed by atoms with Crippen LogP contribution >= 0.6 is 0 Å². The van der Waals surface area contributed by atoms with Gasteiger partial charge in [0.1, 0.15) is 17.7 Å². The van der Waals surface area contributed by atoms with Crippen molar-refractivity contribution in [1.29, 1.82) is 0 Å². The third-order valence-electron chi connectivity index (χ3n) is 4.33. The molecule has 29 heavy (non-hydrogen) atoms. The van der Waals surface area contributed by atoms with E-state index in [1.165, 1.54) is 18.3 Å². The molecular weight excluding hydrogens is 382 g/mol. The van der Waals surface area contributed by atoms with Gasteiger partial charge in [-0.05, 0) is 36.8 Å². The first kappa shape index (κ1) is 18.8. The lowest BCUT2D eigenvalue weighted by Crippen LogP contribution is -2.20. The second-order valence-electron chi connectivity index (χ2n) is 6.67. The number of pyridine rings is 2. The van der Waals surface area contributed by atoms with Crippen LogP contribution in [0.4, 0.5) is 25.2 Å². The molecule has 150 valence electrons. The van der Waals surface area contributed by atoms with Gasteiger partial charge in [-0.15, -0.1) is 0 Å². The summed E-state index contributed by atoms with van der Waals surface area (Å²) in [5.74, 6) is 0.777. The molecule has 4 heterocycles. The van der Waals surface area contributed by atoms with Crippen molar-refractivity contribution in [2.24, 2.45) is 0 Å². The topological polar surface area (TPSA) is 94.0 Å². The van der Waals surface area contributed by atoms with Crippen LogP contribution in [0.1, 0.15) is 17.6 Å². The first-order valence-corrected chi connectivity index (χ1v) is 8.93. The molecule has 8 nitrogen and oxygen atoms in total. The first-order valence-electron chi connectivity index (χ1n) is 8.93. The monoisotopic (exact) mass is 400 g/mol. The van der Waals surface area contributed by atoms with Crippen LogP contribution < -0.4 is 10.6 Å². The number of ether oxygens (including phenoxy) is 1. The zero-order chi connectivity index (χ0) is 20.4. The average Bonchev–Trinajstić information content (AvgIpc) is 3.31. The minimum atomic E-state index is -2.57. The number of cyclic esters (lactones) is 1. The molecule has 1 fully saturated rings. The van der Waals surface area contributed by atoms with Gasteiger partial charge in [0, 0.05) is 23.5 Å². The Morgan fingerprint density at radius 1 is 1.34 bits per heavy atom. The quantitative estimate of drug-likeness (QED) is 0.658. The van der Waals surface area contributed by atoms with Crippen molar-refractivity contribution in [3.63, 3.8) is 0 Å². The van der Waals surface area contributed by atoms with Gasteiger partial charge >= 0.3 is 6.09 Å². The predicted molar refractivity (Wildman–Crippen MR) is 101 cm³/mol. The molecule has 0 saturated carbocycles. The van der Waals surface area contributed by atoms with Crippen molar-refractivity contribution in [2.75, 3.05) is 11.9 Å². The summed E-state index contributed by atoms with van der Waals surface area (Å²) >= 11 is 0. The number of amides is 1. The molecule has 0 bridgehead atoms. The SMILES string of the molecule is Cc1cc(Nc2cc(C(F)F)ccn2)nc(-c2cnn(CC3CNC(=O)O3)c2)c1. The summed E-state index contributed by atoms with van der Waals surface area (Å²) in [5, 5.41) is 9.87. The standard InChI is InChI=1S/C19H18F2N6O2/c1-11-4-15(13-7-24-27(9-13)10-14-8-23-19(28)29-14)25-17(5-11)26-16-6-12(18(20)21)2-3-22-16/h2-7,9,14,18H,8,10H2,1H3,(H,23,28)(H,22,25,26). The average molecular weight is 400 g/mol. The number of nitrogens with one attached hydrogen (secondary N) is 2. The highest BCUT2D eigenvalue weighted by Gasteiger charge is 2.23. The molecule has 0 radical (unpaired) electrons. The Morgan fingerprint density at radius 2 is 2.21 bits per heavy atom. The lowest BCUT2D eigenvalue weighted by Gasteiger charge is -2.09. The molecule has 3 aromatic rings. The molecule has 3 aromatic heterocycles. The number of aryl methyl sites for hydroxylation is 1. The molecular formula is C19H18F2N6O2. The molecule has 0 aliphatic carbocycles. The van der Waals surface area contributed by atoms with Gasteiger partial charge in [0.2, 0.25) is 0 Å². The third-order valence-corrected chi connectivity index (χ3v) is 4.33. The summed E-state index contributed by atoms with van der Waals surface area (Å²) in [6.07, 6.45) is 1.54. The van der Waals surface area contributed by atoms with Crippen molar-refractivity contribution in [1.82, 2.24) is 25.1 Å². The van der Waals surface area contributed by atoms with Crippen LogP contribution in [0.15, 0.2) is 42.9 Å². The van der Waals surface area contributed by atoms with E-state index in [1.54, 1.807) is 16.9 Å². The number of aromatic nitrogens is 4. The maximum Gasteiger partial charge on any atom is 0.407 e. The Kier molecular flexibility index (Phi) is 5.07. The summed E-state index contributed by atoms with van der Waals surface area (Å²) in [6, 6.07) is 6.26. The number of carbonyl (C=O) groups excluding carboxylic acids is 1. The fraction of sp³-hybridized carbons (Fsp3) is 0.263. The van der Waals surface area contributed by atoms with Crippen LogP contribution in [0.25, 0.3) is 11.3 Å². The van der Waals surface area contributed by atoms with E-state index in [1.807, 2.05) is 19.2 Å². The molecule has 1 aliphatic heterocycles. The number of anilines is 2. The number of hydrogen-bond donors (Lipinski definition) is 2. The highest BCUT2D eigenvalue weighted by Crippen LogP contribution is 2.25. The smallest absolute Gasteiger partial charge is 0.407 e. The first-order chi connectivity index (χ1) is 14.0. The van der Waals surface area contributed by atoms with Crippen LogP contribution in [0.3, 0.4) is 0 Å². The number of carbonyl (C=O) groups is 1. The molecule has 1 amide bonds. The second kappa shape index (κ2) is 7.82. The van der Waals surface area contributed by atoms with Gasteiger partial charge in [0.05, 0.1) is 25.0 Å². The van der Waals surface area contributed by atoms with E-state index in [4.69, 9.17) is 4.74 Å². The Balaban J connectivity index is 1.53. The number of hydrogen-bond acceptors (Lipinski definition) is 6. The highest BCUT2D eigenvalue weighted by molar-refractivity contribution is 5.69. The lowest BCUT2D eigenvalue weighted by atomic mass is 10.1. The van der Waals surface area contributed by atoms with Gasteiger partial charge in [0.15, 0.2) is 0 Å². The van der Waals surface area contributed by atoms with Crippen LogP contribution in [0, 0.1) is 6.92 Å². The van der Waals surface area contributed by atoms with E-state index < -0.39 is 12.5 Å². The van der Waals surface area contributed by atoms with Gasteiger partial charge in [-0.1, -0.05) is 0 Å². The number of halogens is 2. The maximum absolute atomic E-state index is 12.9. The van der Waals surface area contributed by atoms with Crippen molar-refractivity contribution in [2.45, 2.75) is 26.0 Å². The Labute approximate surface area is 164 Å². The molecule has 2 N–H and O–H groups in total. The highest BCUT2D eigenvalue weighted by atomic mass is 19.3. The third kappa shape index (κ3) is 4.48. The Hall–Kier alpha value is -3.56. The molecule has 1 atom stereocenters. The van der Waals surface area contributed by atoms with Crippen LogP contribution in [0.5, 0.6) is 0 Å². The van der Waals surface area contributed by atoms with E-state index in [2.05, 4.69) is 25.7 Å². The Bertz CT molecular complexity index is 1040. The van der Waals surface area contributed by atoms with E-state index in [0.29, 0.717) is 24.6 Å². The molecule has 0 spiro atoms. The van der Waals surface area contributed by atoms with Gasteiger partial charge < -0.3 is 15.4 Å².